The van der Waals surface area contributed by atoms with Crippen LogP contribution in [0.15, 0.2) is 24.3 Å². The standard InChI is InChI=1S/C18H25ClO/c1-3-18(4-2)16(19)12-17(18)20-15-11-7-9-13-8-5-6-10-14(13)15/h5-6,8,10,15-17H,3-4,7,9,11-12H2,1-2H3. The molecule has 2 aliphatic carbocycles. The normalized spacial score (nSPS) is 31.4. The monoisotopic (exact) mass is 292 g/mol. The summed E-state index contributed by atoms with van der Waals surface area (Å²) in [6.45, 7) is 4.51. The van der Waals surface area contributed by atoms with E-state index in [0.717, 1.165) is 25.7 Å². The predicted molar refractivity (Wildman–Crippen MR) is 84.3 cm³/mol. The molecule has 1 aromatic rings. The molecule has 0 aromatic heterocycles. The van der Waals surface area contributed by atoms with E-state index in [-0.39, 0.29) is 11.5 Å². The summed E-state index contributed by atoms with van der Waals surface area (Å²) in [6, 6.07) is 8.78. The third-order valence-electron chi connectivity index (χ3n) is 5.65. The van der Waals surface area contributed by atoms with Crippen molar-refractivity contribution >= 4 is 11.6 Å². The van der Waals surface area contributed by atoms with E-state index in [0.29, 0.717) is 11.5 Å². The first kappa shape index (κ1) is 14.4. The largest absolute Gasteiger partial charge is 0.370 e. The van der Waals surface area contributed by atoms with E-state index in [1.165, 1.54) is 24.0 Å². The zero-order valence-electron chi connectivity index (χ0n) is 12.6. The molecule has 2 aliphatic rings. The maximum atomic E-state index is 6.54. The van der Waals surface area contributed by atoms with Gasteiger partial charge in [0.05, 0.1) is 12.2 Å². The van der Waals surface area contributed by atoms with E-state index in [1.54, 1.807) is 0 Å². The highest BCUT2D eigenvalue weighted by atomic mass is 35.5. The fourth-order valence-corrected chi connectivity index (χ4v) is 4.70. The van der Waals surface area contributed by atoms with E-state index in [4.69, 9.17) is 16.3 Å². The molecular formula is C18H25ClO. The second-order valence-corrected chi connectivity index (χ2v) is 6.87. The van der Waals surface area contributed by atoms with Crippen LogP contribution in [0.25, 0.3) is 0 Å². The Kier molecular flexibility index (Phi) is 4.10. The zero-order chi connectivity index (χ0) is 14.2. The number of rotatable bonds is 4. The fraction of sp³-hybridized carbons (Fsp3) is 0.667. The Morgan fingerprint density at radius 2 is 2.00 bits per heavy atom. The summed E-state index contributed by atoms with van der Waals surface area (Å²) in [5.41, 5.74) is 3.09. The molecule has 3 rings (SSSR count). The van der Waals surface area contributed by atoms with Gasteiger partial charge >= 0.3 is 0 Å². The average Bonchev–Trinajstić information content (AvgIpc) is 2.48. The molecule has 0 radical (unpaired) electrons. The van der Waals surface area contributed by atoms with Gasteiger partial charge in [-0.1, -0.05) is 38.1 Å². The molecule has 1 saturated carbocycles. The molecular weight excluding hydrogens is 268 g/mol. The van der Waals surface area contributed by atoms with Crippen molar-refractivity contribution in [3.8, 4) is 0 Å². The lowest BCUT2D eigenvalue weighted by Crippen LogP contribution is -2.55. The molecule has 0 spiro atoms. The molecule has 0 saturated heterocycles. The zero-order valence-corrected chi connectivity index (χ0v) is 13.3. The summed E-state index contributed by atoms with van der Waals surface area (Å²) >= 11 is 6.50. The minimum atomic E-state index is 0.202. The van der Waals surface area contributed by atoms with Crippen LogP contribution in [0.4, 0.5) is 0 Å². The SMILES string of the molecule is CCC1(CC)C(Cl)CC1OC1CCCc2ccccc21. The van der Waals surface area contributed by atoms with E-state index < -0.39 is 0 Å². The van der Waals surface area contributed by atoms with Crippen molar-refractivity contribution in [1.29, 1.82) is 0 Å². The highest BCUT2D eigenvalue weighted by Gasteiger charge is 2.53. The lowest BCUT2D eigenvalue weighted by atomic mass is 9.62. The van der Waals surface area contributed by atoms with Crippen LogP contribution in [0.5, 0.6) is 0 Å². The number of alkyl halides is 1. The Bertz CT molecular complexity index is 466. The van der Waals surface area contributed by atoms with Gasteiger partial charge in [-0.25, -0.2) is 0 Å². The third kappa shape index (κ3) is 2.19. The second kappa shape index (κ2) is 5.69. The van der Waals surface area contributed by atoms with Crippen LogP contribution in [-0.4, -0.2) is 11.5 Å². The Labute approximate surface area is 127 Å². The van der Waals surface area contributed by atoms with Gasteiger partial charge in [-0.3, -0.25) is 0 Å². The van der Waals surface area contributed by atoms with Crippen molar-refractivity contribution in [2.75, 3.05) is 0 Å². The van der Waals surface area contributed by atoms with Crippen molar-refractivity contribution in [2.24, 2.45) is 5.41 Å². The van der Waals surface area contributed by atoms with Gasteiger partial charge in [0.15, 0.2) is 0 Å². The summed E-state index contributed by atoms with van der Waals surface area (Å²) in [4.78, 5) is 0. The van der Waals surface area contributed by atoms with Crippen LogP contribution < -0.4 is 0 Å². The van der Waals surface area contributed by atoms with Gasteiger partial charge in [0.25, 0.3) is 0 Å². The molecule has 20 heavy (non-hydrogen) atoms. The molecule has 0 amide bonds. The maximum Gasteiger partial charge on any atom is 0.0831 e. The number of hydrogen-bond acceptors (Lipinski definition) is 1. The van der Waals surface area contributed by atoms with Crippen LogP contribution in [0.1, 0.15) is 63.2 Å². The summed E-state index contributed by atoms with van der Waals surface area (Å²) in [5.74, 6) is 0. The smallest absolute Gasteiger partial charge is 0.0831 e. The molecule has 0 aliphatic heterocycles. The summed E-state index contributed by atoms with van der Waals surface area (Å²) in [7, 11) is 0. The molecule has 1 fully saturated rings. The van der Waals surface area contributed by atoms with Gasteiger partial charge in [-0.2, -0.15) is 0 Å². The van der Waals surface area contributed by atoms with Crippen LogP contribution >= 0.6 is 11.6 Å². The molecule has 1 aromatic carbocycles. The van der Waals surface area contributed by atoms with Gasteiger partial charge in [-0.05, 0) is 49.7 Å². The third-order valence-corrected chi connectivity index (χ3v) is 6.26. The minimum Gasteiger partial charge on any atom is -0.370 e. The minimum absolute atomic E-state index is 0.202. The Morgan fingerprint density at radius 3 is 2.70 bits per heavy atom. The number of ether oxygens (including phenoxy) is 1. The van der Waals surface area contributed by atoms with Crippen molar-refractivity contribution in [1.82, 2.24) is 0 Å². The van der Waals surface area contributed by atoms with Crippen molar-refractivity contribution in [3.05, 3.63) is 35.4 Å². The van der Waals surface area contributed by atoms with Gasteiger partial charge in [-0.15, -0.1) is 11.6 Å². The van der Waals surface area contributed by atoms with Crippen molar-refractivity contribution < 1.29 is 4.74 Å². The molecule has 3 unspecified atom stereocenters. The van der Waals surface area contributed by atoms with Crippen LogP contribution in [0.3, 0.4) is 0 Å². The molecule has 0 bridgehead atoms. The van der Waals surface area contributed by atoms with Gasteiger partial charge in [0.2, 0.25) is 0 Å². The van der Waals surface area contributed by atoms with Crippen LogP contribution in [0.2, 0.25) is 0 Å². The van der Waals surface area contributed by atoms with Crippen molar-refractivity contribution in [2.45, 2.75) is 70.0 Å². The number of fused-ring (bicyclic) bond motifs is 1. The lowest BCUT2D eigenvalue weighted by molar-refractivity contribution is -0.148. The lowest BCUT2D eigenvalue weighted by Gasteiger charge is -2.54. The molecule has 1 nitrogen and oxygen atoms in total. The van der Waals surface area contributed by atoms with Crippen LogP contribution in [-0.2, 0) is 11.2 Å². The van der Waals surface area contributed by atoms with Crippen LogP contribution in [0, 0.1) is 5.41 Å². The molecule has 0 N–H and O–H groups in total. The summed E-state index contributed by atoms with van der Waals surface area (Å²) in [6.07, 6.45) is 7.48. The van der Waals surface area contributed by atoms with Gasteiger partial charge in [0.1, 0.15) is 0 Å². The summed E-state index contributed by atoms with van der Waals surface area (Å²) < 4.78 is 6.54. The molecule has 3 atom stereocenters. The Balaban J connectivity index is 1.77. The quantitative estimate of drug-likeness (QED) is 0.687. The molecule has 2 heteroatoms. The van der Waals surface area contributed by atoms with E-state index in [9.17, 15) is 0 Å². The number of halogens is 1. The van der Waals surface area contributed by atoms with Gasteiger partial charge in [0, 0.05) is 10.8 Å². The number of aryl methyl sites for hydroxylation is 1. The topological polar surface area (TPSA) is 9.23 Å². The summed E-state index contributed by atoms with van der Waals surface area (Å²) in [5, 5.41) is 0.293. The fourth-order valence-electron chi connectivity index (χ4n) is 4.09. The molecule has 0 heterocycles. The second-order valence-electron chi connectivity index (χ2n) is 6.35. The first-order chi connectivity index (χ1) is 9.71. The van der Waals surface area contributed by atoms with E-state index in [1.807, 2.05) is 0 Å². The first-order valence-electron chi connectivity index (χ1n) is 8.08. The number of benzene rings is 1. The highest BCUT2D eigenvalue weighted by Crippen LogP contribution is 2.53. The highest BCUT2D eigenvalue weighted by molar-refractivity contribution is 6.21. The van der Waals surface area contributed by atoms with Crippen molar-refractivity contribution in [3.63, 3.8) is 0 Å². The van der Waals surface area contributed by atoms with E-state index in [2.05, 4.69) is 38.1 Å². The number of hydrogen-bond donors (Lipinski definition) is 0. The predicted octanol–water partition coefficient (Wildman–Crippen LogP) is 5.27. The molecule has 110 valence electrons. The van der Waals surface area contributed by atoms with E-state index >= 15 is 0 Å². The Morgan fingerprint density at radius 1 is 1.25 bits per heavy atom. The average molecular weight is 293 g/mol. The Hall–Kier alpha value is -0.530. The van der Waals surface area contributed by atoms with Gasteiger partial charge < -0.3 is 4.74 Å². The first-order valence-corrected chi connectivity index (χ1v) is 8.52. The maximum absolute atomic E-state index is 6.54.